The van der Waals surface area contributed by atoms with Gasteiger partial charge in [-0.1, -0.05) is 39.0 Å². The summed E-state index contributed by atoms with van der Waals surface area (Å²) in [6, 6.07) is 6.55. The molecule has 0 heterocycles. The highest BCUT2D eigenvalue weighted by molar-refractivity contribution is 6.69. The first kappa shape index (κ1) is 17.0. The van der Waals surface area contributed by atoms with Gasteiger partial charge in [0, 0.05) is 17.4 Å². The summed E-state index contributed by atoms with van der Waals surface area (Å²) in [5.74, 6) is -0.221. The van der Waals surface area contributed by atoms with E-state index in [9.17, 15) is 9.18 Å². The van der Waals surface area contributed by atoms with Crippen LogP contribution in [0.5, 0.6) is 0 Å². The maximum Gasteiger partial charge on any atom is 0.184 e. The van der Waals surface area contributed by atoms with E-state index in [1.807, 2.05) is 40.4 Å². The average Bonchev–Trinajstić information content (AvgIpc) is 2.25. The Labute approximate surface area is 122 Å². The van der Waals surface area contributed by atoms with E-state index in [0.29, 0.717) is 5.56 Å². The van der Waals surface area contributed by atoms with Crippen LogP contribution >= 0.6 is 0 Å². The summed E-state index contributed by atoms with van der Waals surface area (Å²) in [5, 5.41) is 0. The molecule has 0 amide bonds. The van der Waals surface area contributed by atoms with Gasteiger partial charge in [-0.05, 0) is 25.7 Å². The minimum atomic E-state index is -1.87. The van der Waals surface area contributed by atoms with Gasteiger partial charge in [0.15, 0.2) is 8.32 Å². The lowest BCUT2D eigenvalue weighted by Gasteiger charge is -2.28. The zero-order valence-electron chi connectivity index (χ0n) is 13.3. The average molecular weight is 296 g/mol. The molecule has 0 saturated carbocycles. The molecule has 0 N–H and O–H groups in total. The Bertz CT molecular complexity index is 472. The van der Waals surface area contributed by atoms with Crippen molar-refractivity contribution in [3.8, 4) is 0 Å². The van der Waals surface area contributed by atoms with Crippen LogP contribution in [-0.4, -0.2) is 14.1 Å². The van der Waals surface area contributed by atoms with Gasteiger partial charge in [0.05, 0.1) is 6.10 Å². The van der Waals surface area contributed by atoms with Crippen LogP contribution in [0.15, 0.2) is 24.3 Å². The Balaban J connectivity index is 3.04. The summed E-state index contributed by atoms with van der Waals surface area (Å²) >= 11 is 0. The third kappa shape index (κ3) is 5.17. The third-order valence-electron chi connectivity index (χ3n) is 2.96. The second-order valence-corrected chi connectivity index (χ2v) is 11.6. The van der Waals surface area contributed by atoms with Gasteiger partial charge in [0.1, 0.15) is 11.6 Å². The summed E-state index contributed by atoms with van der Waals surface area (Å²) < 4.78 is 20.0. The van der Waals surface area contributed by atoms with Gasteiger partial charge in [-0.2, -0.15) is 0 Å². The van der Waals surface area contributed by atoms with E-state index in [0.717, 1.165) is 0 Å². The first-order chi connectivity index (χ1) is 9.00. The van der Waals surface area contributed by atoms with Crippen molar-refractivity contribution < 1.29 is 13.6 Å². The quantitative estimate of drug-likeness (QED) is 0.735. The van der Waals surface area contributed by atoms with Gasteiger partial charge in [0.25, 0.3) is 0 Å². The van der Waals surface area contributed by atoms with Crippen LogP contribution < -0.4 is 0 Å². The fourth-order valence-corrected chi connectivity index (χ4v) is 2.92. The predicted octanol–water partition coefficient (Wildman–Crippen LogP) is 4.72. The van der Waals surface area contributed by atoms with Crippen molar-refractivity contribution in [2.75, 3.05) is 0 Å². The largest absolute Gasteiger partial charge is 0.410 e. The van der Waals surface area contributed by atoms with Crippen molar-refractivity contribution in [2.45, 2.75) is 52.9 Å². The topological polar surface area (TPSA) is 26.3 Å². The number of benzene rings is 1. The lowest BCUT2D eigenvalue weighted by Crippen LogP contribution is -2.31. The molecule has 0 aliphatic heterocycles. The number of ketones is 1. The zero-order valence-corrected chi connectivity index (χ0v) is 14.3. The number of carbonyl (C=O) groups is 1. The SMILES string of the molecule is CC(C)(C)C(=O)C[C@H](O[Si](C)(C)C)c1ccccc1F. The first-order valence-corrected chi connectivity index (χ1v) is 10.4. The molecule has 0 unspecified atom stereocenters. The molecule has 1 aromatic carbocycles. The predicted molar refractivity (Wildman–Crippen MR) is 82.7 cm³/mol. The maximum absolute atomic E-state index is 14.0. The summed E-state index contributed by atoms with van der Waals surface area (Å²) in [4.78, 5) is 12.3. The molecule has 2 nitrogen and oxygen atoms in total. The van der Waals surface area contributed by atoms with Crippen molar-refractivity contribution in [1.82, 2.24) is 0 Å². The van der Waals surface area contributed by atoms with Crippen LogP contribution in [0.2, 0.25) is 19.6 Å². The fourth-order valence-electron chi connectivity index (χ4n) is 1.85. The Kier molecular flexibility index (Phi) is 5.27. The molecule has 1 aromatic rings. The minimum absolute atomic E-state index is 0.0870. The van der Waals surface area contributed by atoms with E-state index in [4.69, 9.17) is 4.43 Å². The second-order valence-electron chi connectivity index (χ2n) is 7.12. The molecule has 20 heavy (non-hydrogen) atoms. The molecular formula is C16H25FO2Si. The van der Waals surface area contributed by atoms with Crippen molar-refractivity contribution in [3.05, 3.63) is 35.6 Å². The fraction of sp³-hybridized carbons (Fsp3) is 0.562. The molecule has 0 spiro atoms. The van der Waals surface area contributed by atoms with Crippen LogP contribution in [0, 0.1) is 11.2 Å². The molecule has 4 heteroatoms. The van der Waals surface area contributed by atoms with Crippen LogP contribution in [0.25, 0.3) is 0 Å². The highest BCUT2D eigenvalue weighted by Crippen LogP contribution is 2.31. The van der Waals surface area contributed by atoms with Gasteiger partial charge in [-0.25, -0.2) is 4.39 Å². The standard InChI is InChI=1S/C16H25FO2Si/c1-16(2,3)15(18)11-14(19-20(4,5)6)12-9-7-8-10-13(12)17/h7-10,14H,11H2,1-6H3/t14-/m0/s1. The van der Waals surface area contributed by atoms with Gasteiger partial charge in [0.2, 0.25) is 0 Å². The van der Waals surface area contributed by atoms with Crippen molar-refractivity contribution >= 4 is 14.1 Å². The Morgan fingerprint density at radius 2 is 1.80 bits per heavy atom. The molecule has 0 saturated heterocycles. The number of rotatable bonds is 5. The van der Waals surface area contributed by atoms with Gasteiger partial charge < -0.3 is 4.43 Å². The minimum Gasteiger partial charge on any atom is -0.410 e. The lowest BCUT2D eigenvalue weighted by atomic mass is 9.86. The van der Waals surface area contributed by atoms with E-state index in [-0.39, 0.29) is 18.0 Å². The van der Waals surface area contributed by atoms with Crippen LogP contribution in [0.3, 0.4) is 0 Å². The summed E-state index contributed by atoms with van der Waals surface area (Å²) in [6.07, 6.45) is -0.274. The van der Waals surface area contributed by atoms with Crippen LogP contribution in [-0.2, 0) is 9.22 Å². The molecule has 1 atom stereocenters. The van der Waals surface area contributed by atoms with Crippen LogP contribution in [0.1, 0.15) is 38.9 Å². The molecule has 1 rings (SSSR count). The van der Waals surface area contributed by atoms with E-state index in [1.165, 1.54) is 6.07 Å². The molecule has 0 aliphatic rings. The summed E-state index contributed by atoms with van der Waals surface area (Å²) in [7, 11) is -1.87. The Hall–Kier alpha value is -1.00. The van der Waals surface area contributed by atoms with Crippen molar-refractivity contribution in [1.29, 1.82) is 0 Å². The Morgan fingerprint density at radius 3 is 2.25 bits per heavy atom. The summed E-state index contributed by atoms with van der Waals surface area (Å²) in [6.45, 7) is 11.8. The van der Waals surface area contributed by atoms with Gasteiger partial charge in [-0.15, -0.1) is 0 Å². The monoisotopic (exact) mass is 296 g/mol. The number of hydrogen-bond acceptors (Lipinski definition) is 2. The van der Waals surface area contributed by atoms with E-state index in [2.05, 4.69) is 0 Å². The van der Waals surface area contributed by atoms with Gasteiger partial charge in [-0.3, -0.25) is 4.79 Å². The normalized spacial score (nSPS) is 14.2. The number of Topliss-reactive ketones (excluding diaryl/α,β-unsaturated/α-hetero) is 1. The smallest absolute Gasteiger partial charge is 0.184 e. The van der Waals surface area contributed by atoms with E-state index >= 15 is 0 Å². The molecule has 0 aliphatic carbocycles. The van der Waals surface area contributed by atoms with Crippen molar-refractivity contribution in [2.24, 2.45) is 5.41 Å². The highest BCUT2D eigenvalue weighted by atomic mass is 28.4. The zero-order chi connectivity index (χ0) is 15.6. The third-order valence-corrected chi connectivity index (χ3v) is 3.95. The number of hydrogen-bond donors (Lipinski definition) is 0. The van der Waals surface area contributed by atoms with E-state index < -0.39 is 19.8 Å². The lowest BCUT2D eigenvalue weighted by molar-refractivity contribution is -0.128. The van der Waals surface area contributed by atoms with E-state index in [1.54, 1.807) is 18.2 Å². The molecule has 0 radical (unpaired) electrons. The summed E-state index contributed by atoms with van der Waals surface area (Å²) in [5.41, 5.74) is 0.0410. The number of carbonyl (C=O) groups excluding carboxylic acids is 1. The molecule has 112 valence electrons. The van der Waals surface area contributed by atoms with Crippen molar-refractivity contribution in [3.63, 3.8) is 0 Å². The van der Waals surface area contributed by atoms with Gasteiger partial charge >= 0.3 is 0 Å². The highest BCUT2D eigenvalue weighted by Gasteiger charge is 2.30. The second kappa shape index (κ2) is 6.18. The Morgan fingerprint density at radius 1 is 1.25 bits per heavy atom. The maximum atomic E-state index is 14.0. The van der Waals surface area contributed by atoms with Crippen LogP contribution in [0.4, 0.5) is 4.39 Å². The molecule has 0 fully saturated rings. The molecule has 0 bridgehead atoms. The number of halogens is 1. The first-order valence-electron chi connectivity index (χ1n) is 6.96. The molecular weight excluding hydrogens is 271 g/mol. The molecule has 0 aromatic heterocycles.